The molecule has 0 bridgehead atoms. The number of nitrogen functional groups attached to an aromatic ring is 2. The number of non-ortho nitro benzene ring substituents is 2. The molecule has 0 aliphatic carbocycles. The van der Waals surface area contributed by atoms with E-state index in [9.17, 15) is 66.6 Å². The standard InChI is InChI=1S/2C19H13ClN8O10S2.Cr/c20-17-23-18(21)25-19(24-17)22-11-6-9(40(34,35)36)3-7-4-13(39-38-37-33)15(16(30)14(7)11)27-26-10-5-8(28(31)32)1-2-12(10)29;20-17-23-18(21)25-19(24-17)22-11-6-9(39-38-37-33)3-7-4-13(40(34,35)36)15(16(30)14(7)11)27-26-10-5-8(28(31)32)1-2-12(10)29;/h2*1-6,29-30,33H,(H,34,35,36)(H3,21,22,23,24,25);. The van der Waals surface area contributed by atoms with Crippen molar-refractivity contribution < 1.29 is 103 Å². The van der Waals surface area contributed by atoms with Gasteiger partial charge in [-0.05, 0) is 82.5 Å². The van der Waals surface area contributed by atoms with Crippen LogP contribution >= 0.6 is 47.3 Å². The summed E-state index contributed by atoms with van der Waals surface area (Å²) in [4.78, 5) is 41.7. The Balaban J connectivity index is 0.000000258. The van der Waals surface area contributed by atoms with E-state index in [2.05, 4.69) is 79.7 Å². The van der Waals surface area contributed by atoms with Crippen LogP contribution < -0.4 is 22.1 Å². The Morgan fingerprint density at radius 3 is 1.53 bits per heavy atom. The van der Waals surface area contributed by atoms with Gasteiger partial charge < -0.3 is 42.5 Å². The van der Waals surface area contributed by atoms with Gasteiger partial charge in [-0.25, -0.2) is 10.5 Å². The number of hydrogen-bond donors (Lipinski definition) is 12. The van der Waals surface area contributed by atoms with Crippen molar-refractivity contribution in [1.82, 2.24) is 29.9 Å². The van der Waals surface area contributed by atoms with Gasteiger partial charge in [0.1, 0.15) is 39.1 Å². The summed E-state index contributed by atoms with van der Waals surface area (Å²) in [6.45, 7) is 0. The van der Waals surface area contributed by atoms with Crippen molar-refractivity contribution in [3.63, 3.8) is 0 Å². The van der Waals surface area contributed by atoms with Gasteiger partial charge in [0.25, 0.3) is 31.6 Å². The SMILES string of the molecule is Nc1nc(Cl)nc(Nc2cc(S(=O)(=O)O)cc3cc(SOOO)c(N=Nc4cc([N+](=O)[O-])ccc4O)c(O)c23)n1.Nc1nc(Cl)nc(Nc2cc(SOOO)cc3cc(S(=O)(=O)O)c(N=Nc4cc([N+](=O)[O-])ccc4O)c(O)c23)n1.[Cr]. The zero-order valence-corrected chi connectivity index (χ0v) is 44.8. The number of nitro benzene ring substituents is 2. The second kappa shape index (κ2) is 25.8. The normalized spacial score (nSPS) is 11.6. The van der Waals surface area contributed by atoms with Crippen LogP contribution in [0.2, 0.25) is 10.6 Å². The first-order valence-corrected chi connectivity index (χ1v) is 25.4. The number of fused-ring (bicyclic) bond motifs is 2. The van der Waals surface area contributed by atoms with Gasteiger partial charge in [-0.1, -0.05) is 10.1 Å². The van der Waals surface area contributed by atoms with E-state index in [0.717, 1.165) is 54.6 Å². The number of nitrogens with one attached hydrogen (secondary N) is 2. The number of benzene rings is 6. The number of anilines is 6. The molecule has 43 heteroatoms. The number of azo groups is 2. The van der Waals surface area contributed by atoms with Crippen molar-refractivity contribution >= 4 is 158 Å². The molecular weight excluding hydrogens is 1250 g/mol. The molecule has 8 rings (SSSR count). The van der Waals surface area contributed by atoms with E-state index in [-0.39, 0.29) is 100 Å². The quantitative estimate of drug-likeness (QED) is 0.00952. The van der Waals surface area contributed by atoms with Gasteiger partial charge in [0.05, 0.1) is 55.1 Å². The predicted octanol–water partition coefficient (Wildman–Crippen LogP) is 8.83. The van der Waals surface area contributed by atoms with Crippen LogP contribution in [0.15, 0.2) is 113 Å². The minimum absolute atomic E-state index is 0. The van der Waals surface area contributed by atoms with E-state index in [1.54, 1.807) is 0 Å². The molecule has 0 atom stereocenters. The Hall–Kier alpha value is -8.35. The zero-order chi connectivity index (χ0) is 58.4. The molecule has 0 saturated carbocycles. The smallest absolute Gasteiger partial charge is 0.296 e. The molecule has 0 unspecified atom stereocenters. The number of hydrogen-bond acceptors (Lipinski definition) is 34. The molecule has 0 spiro atoms. The summed E-state index contributed by atoms with van der Waals surface area (Å²) in [5.74, 6) is -3.62. The second-order valence-corrected chi connectivity index (χ2v) is 19.8. The molecule has 0 fully saturated rings. The van der Waals surface area contributed by atoms with Crippen LogP contribution in [0.5, 0.6) is 23.0 Å². The number of phenolic OH excluding ortho intramolecular Hbond substituents is 4. The Labute approximate surface area is 477 Å². The Bertz CT molecular complexity index is 4070. The molecule has 0 radical (unpaired) electrons. The van der Waals surface area contributed by atoms with Crippen molar-refractivity contribution in [2.24, 2.45) is 20.5 Å². The van der Waals surface area contributed by atoms with Crippen molar-refractivity contribution in [1.29, 1.82) is 0 Å². The Morgan fingerprint density at radius 2 is 1.06 bits per heavy atom. The van der Waals surface area contributed by atoms with Crippen molar-refractivity contribution in [2.75, 3.05) is 22.1 Å². The third-order valence-electron chi connectivity index (χ3n) is 9.74. The first-order valence-electron chi connectivity index (χ1n) is 20.3. The van der Waals surface area contributed by atoms with Crippen molar-refractivity contribution in [2.45, 2.75) is 19.6 Å². The molecular formula is C38H26Cl2CrN16O20S4. The number of nitrogens with two attached hydrogens (primary N) is 2. The van der Waals surface area contributed by atoms with E-state index < -0.39 is 91.3 Å². The largest absolute Gasteiger partial charge is 0.506 e. The van der Waals surface area contributed by atoms with Crippen LogP contribution in [0.25, 0.3) is 21.5 Å². The minimum atomic E-state index is -5.07. The number of aromatic nitrogens is 6. The number of aromatic hydroxyl groups is 4. The van der Waals surface area contributed by atoms with E-state index in [4.69, 9.17) is 45.2 Å². The van der Waals surface area contributed by atoms with E-state index in [0.29, 0.717) is 24.1 Å². The third-order valence-corrected chi connectivity index (χ3v) is 12.9. The Kier molecular flexibility index (Phi) is 19.7. The maximum atomic E-state index is 12.2. The predicted molar refractivity (Wildman–Crippen MR) is 275 cm³/mol. The fourth-order valence-corrected chi connectivity index (χ4v) is 9.05. The van der Waals surface area contributed by atoms with Gasteiger partial charge in [-0.3, -0.25) is 29.3 Å². The maximum Gasteiger partial charge on any atom is 0.296 e. The first-order chi connectivity index (χ1) is 37.7. The molecule has 0 saturated heterocycles. The zero-order valence-electron chi connectivity index (χ0n) is 38.7. The summed E-state index contributed by atoms with van der Waals surface area (Å²) in [6.07, 6.45) is 0. The molecule has 2 heterocycles. The monoisotopic (exact) mass is 1280 g/mol. The molecule has 6 aromatic carbocycles. The minimum Gasteiger partial charge on any atom is -0.506 e. The van der Waals surface area contributed by atoms with Crippen molar-refractivity contribution in [3.05, 3.63) is 104 Å². The number of nitro groups is 2. The van der Waals surface area contributed by atoms with Crippen LogP contribution in [-0.2, 0) is 56.3 Å². The molecule has 422 valence electrons. The molecule has 36 nitrogen and oxygen atoms in total. The summed E-state index contributed by atoms with van der Waals surface area (Å²) < 4.78 is 76.8. The summed E-state index contributed by atoms with van der Waals surface area (Å²) in [6, 6.07) is 12.4. The number of halogens is 2. The van der Waals surface area contributed by atoms with Crippen LogP contribution in [0.4, 0.5) is 69.3 Å². The van der Waals surface area contributed by atoms with E-state index in [1.165, 1.54) is 18.2 Å². The molecule has 0 aliphatic heterocycles. The van der Waals surface area contributed by atoms with Crippen LogP contribution in [0.3, 0.4) is 0 Å². The van der Waals surface area contributed by atoms with Crippen molar-refractivity contribution in [3.8, 4) is 23.0 Å². The summed E-state index contributed by atoms with van der Waals surface area (Å²) in [7, 11) is -9.86. The average molecular weight is 1280 g/mol. The molecule has 14 N–H and O–H groups in total. The number of phenols is 4. The molecule has 2 aromatic heterocycles. The fourth-order valence-electron chi connectivity index (χ4n) is 6.58. The molecule has 0 amide bonds. The van der Waals surface area contributed by atoms with Crippen LogP contribution in [-0.4, -0.2) is 96.6 Å². The van der Waals surface area contributed by atoms with E-state index in [1.807, 2.05) is 0 Å². The fraction of sp³-hybridized carbons (Fsp3) is 0. The molecule has 81 heavy (non-hydrogen) atoms. The molecule has 0 aliphatic rings. The van der Waals surface area contributed by atoms with Crippen LogP contribution in [0.1, 0.15) is 0 Å². The average Bonchev–Trinajstić information content (AvgIpc) is 3.45. The third kappa shape index (κ3) is 15.1. The molecule has 8 aromatic rings. The van der Waals surface area contributed by atoms with Gasteiger partial charge in [-0.2, -0.15) is 46.7 Å². The first kappa shape index (κ1) is 61.9. The topological polar surface area (TPSA) is 556 Å². The summed E-state index contributed by atoms with van der Waals surface area (Å²) in [5.41, 5.74) is 8.06. The van der Waals surface area contributed by atoms with Crippen LogP contribution in [0, 0.1) is 20.2 Å². The van der Waals surface area contributed by atoms with Gasteiger partial charge in [0.2, 0.25) is 34.4 Å². The number of nitrogens with zero attached hydrogens (tertiary/aromatic N) is 12. The van der Waals surface area contributed by atoms with Gasteiger partial charge >= 0.3 is 0 Å². The van der Waals surface area contributed by atoms with Gasteiger partial charge in [0.15, 0.2) is 11.5 Å². The van der Waals surface area contributed by atoms with Gasteiger partial charge in [0, 0.05) is 57.3 Å². The van der Waals surface area contributed by atoms with Gasteiger partial charge in [-0.15, -0.1) is 29.1 Å². The Morgan fingerprint density at radius 1 is 0.593 bits per heavy atom. The maximum absolute atomic E-state index is 12.2. The summed E-state index contributed by atoms with van der Waals surface area (Å²) >= 11 is 12.4. The summed E-state index contributed by atoms with van der Waals surface area (Å²) in [5, 5.41) is 108. The van der Waals surface area contributed by atoms with E-state index >= 15 is 0 Å². The second-order valence-electron chi connectivity index (χ2n) is 14.8. The number of rotatable bonds is 18.